The van der Waals surface area contributed by atoms with Crippen molar-refractivity contribution in [3.05, 3.63) is 68.7 Å². The minimum absolute atomic E-state index is 0.104. The molecule has 0 aromatic heterocycles. The van der Waals surface area contributed by atoms with Gasteiger partial charge in [-0.15, -0.1) is 0 Å². The molecule has 0 radical (unpaired) electrons. The Balaban J connectivity index is 1.96. The lowest BCUT2D eigenvalue weighted by molar-refractivity contribution is -0.384. The Morgan fingerprint density at radius 2 is 1.93 bits per heavy atom. The summed E-state index contributed by atoms with van der Waals surface area (Å²) in [6.45, 7) is 3.65. The molecule has 3 amide bonds. The van der Waals surface area contributed by atoms with Gasteiger partial charge in [-0.05, 0) is 43.7 Å². The van der Waals surface area contributed by atoms with Gasteiger partial charge in [0.25, 0.3) is 17.5 Å². The Morgan fingerprint density at radius 1 is 1.27 bits per heavy atom. The van der Waals surface area contributed by atoms with Crippen LogP contribution in [0.2, 0.25) is 0 Å². The molecule has 1 heterocycles. The lowest BCUT2D eigenvalue weighted by Crippen LogP contribution is -2.49. The van der Waals surface area contributed by atoms with Crippen LogP contribution in [0, 0.1) is 10.1 Å². The van der Waals surface area contributed by atoms with Crippen molar-refractivity contribution in [2.75, 3.05) is 4.90 Å². The molecule has 3 rings (SSSR count). The number of carbonyl (C=O) groups is 3. The first-order valence-electron chi connectivity index (χ1n) is 9.44. The van der Waals surface area contributed by atoms with Crippen molar-refractivity contribution >= 4 is 45.0 Å². The molecule has 0 bridgehead atoms. The van der Waals surface area contributed by atoms with E-state index < -0.39 is 28.7 Å². The van der Waals surface area contributed by atoms with Crippen molar-refractivity contribution < 1.29 is 19.3 Å². The summed E-state index contributed by atoms with van der Waals surface area (Å²) in [6, 6.07) is 10.8. The molecule has 0 spiro atoms. The van der Waals surface area contributed by atoms with Gasteiger partial charge in [0, 0.05) is 28.2 Å². The second kappa shape index (κ2) is 8.74. The van der Waals surface area contributed by atoms with E-state index in [1.807, 2.05) is 6.92 Å². The monoisotopic (exact) mass is 473 g/mol. The van der Waals surface area contributed by atoms with Crippen LogP contribution in [0.25, 0.3) is 0 Å². The first kappa shape index (κ1) is 21.6. The van der Waals surface area contributed by atoms with Gasteiger partial charge in [-0.25, -0.2) is 4.90 Å². The molecule has 0 N–H and O–H groups in total. The van der Waals surface area contributed by atoms with Crippen molar-refractivity contribution in [2.45, 2.75) is 38.8 Å². The molecular weight excluding hydrogens is 454 g/mol. The van der Waals surface area contributed by atoms with Gasteiger partial charge < -0.3 is 4.90 Å². The van der Waals surface area contributed by atoms with Crippen LogP contribution in [-0.2, 0) is 9.59 Å². The van der Waals surface area contributed by atoms with E-state index in [2.05, 4.69) is 15.9 Å². The van der Waals surface area contributed by atoms with Crippen molar-refractivity contribution in [1.29, 1.82) is 0 Å². The molecule has 1 saturated heterocycles. The second-order valence-electron chi connectivity index (χ2n) is 7.04. The number of benzene rings is 2. The minimum Gasteiger partial charge on any atom is -0.323 e. The van der Waals surface area contributed by atoms with E-state index in [1.165, 1.54) is 29.2 Å². The Labute approximate surface area is 181 Å². The predicted octanol–water partition coefficient (Wildman–Crippen LogP) is 3.93. The van der Waals surface area contributed by atoms with E-state index in [-0.39, 0.29) is 23.7 Å². The number of imide groups is 1. The van der Waals surface area contributed by atoms with Crippen molar-refractivity contribution in [3.63, 3.8) is 0 Å². The molecule has 2 atom stereocenters. The maximum atomic E-state index is 13.3. The van der Waals surface area contributed by atoms with E-state index in [0.29, 0.717) is 12.1 Å². The molecule has 156 valence electrons. The summed E-state index contributed by atoms with van der Waals surface area (Å²) in [5, 5.41) is 11.1. The summed E-state index contributed by atoms with van der Waals surface area (Å²) in [5.74, 6) is -1.40. The van der Waals surface area contributed by atoms with Gasteiger partial charge >= 0.3 is 0 Å². The van der Waals surface area contributed by atoms with Crippen LogP contribution >= 0.6 is 15.9 Å². The zero-order valence-electron chi connectivity index (χ0n) is 16.4. The average molecular weight is 474 g/mol. The van der Waals surface area contributed by atoms with E-state index in [1.54, 1.807) is 31.2 Å². The number of nitrogens with zero attached hydrogens (tertiary/aromatic N) is 3. The molecule has 0 aliphatic carbocycles. The highest BCUT2D eigenvalue weighted by Crippen LogP contribution is 2.29. The van der Waals surface area contributed by atoms with Crippen LogP contribution in [0.15, 0.2) is 53.0 Å². The summed E-state index contributed by atoms with van der Waals surface area (Å²) in [7, 11) is 0. The molecule has 1 fully saturated rings. The third-order valence-electron chi connectivity index (χ3n) is 5.15. The number of non-ortho nitro benzene ring substituents is 1. The predicted molar refractivity (Wildman–Crippen MR) is 114 cm³/mol. The van der Waals surface area contributed by atoms with Crippen LogP contribution in [0.1, 0.15) is 37.0 Å². The summed E-state index contributed by atoms with van der Waals surface area (Å²) in [5.41, 5.74) is 0.324. The van der Waals surface area contributed by atoms with Crippen LogP contribution in [0.5, 0.6) is 0 Å². The van der Waals surface area contributed by atoms with Gasteiger partial charge in [-0.3, -0.25) is 24.5 Å². The normalized spacial score (nSPS) is 17.2. The van der Waals surface area contributed by atoms with Crippen molar-refractivity contribution in [3.8, 4) is 0 Å². The largest absolute Gasteiger partial charge is 0.323 e. The number of hydrogen-bond donors (Lipinski definition) is 0. The molecule has 8 nitrogen and oxygen atoms in total. The number of anilines is 1. The number of halogens is 1. The topological polar surface area (TPSA) is 101 Å². The molecule has 1 aliphatic rings. The van der Waals surface area contributed by atoms with Crippen molar-refractivity contribution in [1.82, 2.24) is 4.90 Å². The summed E-state index contributed by atoms with van der Waals surface area (Å²) in [4.78, 5) is 52.1. The number of carbonyl (C=O) groups excluding carboxylic acids is 3. The molecule has 2 aromatic carbocycles. The molecule has 9 heteroatoms. The van der Waals surface area contributed by atoms with E-state index in [4.69, 9.17) is 0 Å². The van der Waals surface area contributed by atoms with E-state index in [0.717, 1.165) is 9.37 Å². The third kappa shape index (κ3) is 4.11. The maximum absolute atomic E-state index is 13.3. The van der Waals surface area contributed by atoms with E-state index in [9.17, 15) is 24.5 Å². The van der Waals surface area contributed by atoms with Gasteiger partial charge in [0.1, 0.15) is 6.04 Å². The smallest absolute Gasteiger partial charge is 0.270 e. The van der Waals surface area contributed by atoms with Crippen LogP contribution in [0.4, 0.5) is 11.4 Å². The highest BCUT2D eigenvalue weighted by Gasteiger charge is 2.45. The number of hydrogen-bond acceptors (Lipinski definition) is 5. The molecule has 0 saturated carbocycles. The first-order chi connectivity index (χ1) is 14.2. The average Bonchev–Trinajstić information content (AvgIpc) is 3.02. The zero-order chi connectivity index (χ0) is 22.0. The number of amides is 3. The van der Waals surface area contributed by atoms with Gasteiger partial charge in [-0.2, -0.15) is 0 Å². The van der Waals surface area contributed by atoms with Crippen LogP contribution in [0.3, 0.4) is 0 Å². The van der Waals surface area contributed by atoms with Gasteiger partial charge in [0.15, 0.2) is 0 Å². The number of rotatable bonds is 6. The Morgan fingerprint density at radius 3 is 2.53 bits per heavy atom. The highest BCUT2D eigenvalue weighted by atomic mass is 79.9. The zero-order valence-corrected chi connectivity index (χ0v) is 18.0. The van der Waals surface area contributed by atoms with Crippen LogP contribution in [-0.4, -0.2) is 39.6 Å². The maximum Gasteiger partial charge on any atom is 0.270 e. The SMILES string of the molecule is CCC(C)N(C(=O)c1cccc([N+](=O)[O-])c1)C1CC(=O)N(c2ccc(Br)cc2)C1=O. The molecule has 30 heavy (non-hydrogen) atoms. The second-order valence-corrected chi connectivity index (χ2v) is 7.96. The fraction of sp³-hybridized carbons (Fsp3) is 0.286. The van der Waals surface area contributed by atoms with Gasteiger partial charge in [-0.1, -0.05) is 28.9 Å². The fourth-order valence-corrected chi connectivity index (χ4v) is 3.71. The quantitative estimate of drug-likeness (QED) is 0.359. The Kier molecular flexibility index (Phi) is 6.31. The van der Waals surface area contributed by atoms with E-state index >= 15 is 0 Å². The Hall–Kier alpha value is -3.07. The molecular formula is C21H20BrN3O5. The Bertz CT molecular complexity index is 1010. The molecule has 2 aromatic rings. The summed E-state index contributed by atoms with van der Waals surface area (Å²) >= 11 is 3.32. The van der Waals surface area contributed by atoms with Crippen molar-refractivity contribution in [2.24, 2.45) is 0 Å². The third-order valence-corrected chi connectivity index (χ3v) is 5.68. The van der Waals surface area contributed by atoms with Gasteiger partial charge in [0.05, 0.1) is 17.0 Å². The number of nitro groups is 1. The fourth-order valence-electron chi connectivity index (χ4n) is 3.44. The van der Waals surface area contributed by atoms with Crippen LogP contribution < -0.4 is 4.90 Å². The van der Waals surface area contributed by atoms with Gasteiger partial charge in [0.2, 0.25) is 5.91 Å². The lowest BCUT2D eigenvalue weighted by atomic mass is 10.1. The summed E-state index contributed by atoms with van der Waals surface area (Å²) in [6.07, 6.45) is 0.414. The lowest BCUT2D eigenvalue weighted by Gasteiger charge is -2.32. The number of nitro benzene ring substituents is 1. The minimum atomic E-state index is -0.970. The summed E-state index contributed by atoms with van der Waals surface area (Å²) < 4.78 is 0.809. The highest BCUT2D eigenvalue weighted by molar-refractivity contribution is 9.10. The first-order valence-corrected chi connectivity index (χ1v) is 10.2. The molecule has 1 aliphatic heterocycles. The molecule has 2 unspecified atom stereocenters. The standard InChI is InChI=1S/C21H20BrN3O5/c1-3-13(2)23(20(27)14-5-4-6-17(11-14)25(29)30)18-12-19(26)24(21(18)28)16-9-7-15(22)8-10-16/h4-11,13,18H,3,12H2,1-2H3.